The molecule has 0 atom stereocenters. The zero-order valence-corrected chi connectivity index (χ0v) is 11.5. The summed E-state index contributed by atoms with van der Waals surface area (Å²) in [6, 6.07) is 6.12. The van der Waals surface area contributed by atoms with E-state index in [2.05, 4.69) is 4.98 Å². The van der Waals surface area contributed by atoms with E-state index in [4.69, 9.17) is 4.74 Å². The van der Waals surface area contributed by atoms with Crippen molar-refractivity contribution in [3.63, 3.8) is 0 Å². The number of alkyl halides is 3. The minimum Gasteiger partial charge on any atom is -0.436 e. The molecule has 0 fully saturated rings. The van der Waals surface area contributed by atoms with Gasteiger partial charge in [-0.05, 0) is 37.3 Å². The van der Waals surface area contributed by atoms with Gasteiger partial charge in [0.15, 0.2) is 0 Å². The number of hydrogen-bond acceptors (Lipinski definition) is 3. The molecule has 3 rings (SSSR count). The Labute approximate surface area is 124 Å². The average molecular weight is 308 g/mol. The van der Waals surface area contributed by atoms with Crippen LogP contribution in [0, 0.1) is 0 Å². The van der Waals surface area contributed by atoms with Crippen LogP contribution in [0.15, 0.2) is 36.5 Å². The molecule has 0 radical (unpaired) electrons. The van der Waals surface area contributed by atoms with Crippen molar-refractivity contribution in [1.29, 1.82) is 0 Å². The van der Waals surface area contributed by atoms with Crippen molar-refractivity contribution in [3.05, 3.63) is 47.7 Å². The van der Waals surface area contributed by atoms with Gasteiger partial charge in [0, 0.05) is 12.7 Å². The van der Waals surface area contributed by atoms with Crippen molar-refractivity contribution in [2.24, 2.45) is 0 Å². The maximum atomic E-state index is 12.9. The van der Waals surface area contributed by atoms with E-state index < -0.39 is 17.6 Å². The zero-order chi connectivity index (χ0) is 15.9. The summed E-state index contributed by atoms with van der Waals surface area (Å²) in [6.07, 6.45) is -3.03. The highest BCUT2D eigenvalue weighted by molar-refractivity contribution is 6.09. The van der Waals surface area contributed by atoms with Gasteiger partial charge in [-0.3, -0.25) is 4.79 Å². The van der Waals surface area contributed by atoms with Gasteiger partial charge in [-0.2, -0.15) is 13.2 Å². The third-order valence-corrected chi connectivity index (χ3v) is 3.35. The molecule has 0 saturated carbocycles. The Morgan fingerprint density at radius 3 is 2.73 bits per heavy atom. The summed E-state index contributed by atoms with van der Waals surface area (Å²) in [6.45, 7) is 2.02. The number of rotatable bonds is 1. The van der Waals surface area contributed by atoms with Crippen LogP contribution in [0.2, 0.25) is 0 Å². The lowest BCUT2D eigenvalue weighted by Crippen LogP contribution is -2.30. The number of halogens is 3. The van der Waals surface area contributed by atoms with Gasteiger partial charge in [0.25, 0.3) is 5.91 Å². The van der Waals surface area contributed by atoms with E-state index in [1.54, 1.807) is 19.1 Å². The monoisotopic (exact) mass is 308 g/mol. The van der Waals surface area contributed by atoms with Gasteiger partial charge in [0.05, 0.1) is 11.1 Å². The average Bonchev–Trinajstić information content (AvgIpc) is 2.60. The summed E-state index contributed by atoms with van der Waals surface area (Å²) in [5.74, 6) is -0.291. The van der Waals surface area contributed by atoms with Crippen molar-refractivity contribution in [1.82, 2.24) is 4.98 Å². The van der Waals surface area contributed by atoms with Crippen LogP contribution < -0.4 is 9.64 Å². The lowest BCUT2D eigenvalue weighted by Gasteiger charge is -2.19. The van der Waals surface area contributed by atoms with E-state index >= 15 is 0 Å². The quantitative estimate of drug-likeness (QED) is 0.803. The molecule has 1 amide bonds. The first-order valence-corrected chi connectivity index (χ1v) is 6.58. The van der Waals surface area contributed by atoms with Crippen molar-refractivity contribution >= 4 is 11.6 Å². The fourth-order valence-electron chi connectivity index (χ4n) is 2.30. The molecule has 2 heterocycles. The predicted octanol–water partition coefficient (Wildman–Crippen LogP) is 3.87. The smallest absolute Gasteiger partial charge is 0.416 e. The number of anilines is 1. The Hall–Kier alpha value is -2.57. The highest BCUT2D eigenvalue weighted by Gasteiger charge is 2.34. The van der Waals surface area contributed by atoms with E-state index in [-0.39, 0.29) is 23.7 Å². The first kappa shape index (κ1) is 14.4. The lowest BCUT2D eigenvalue weighted by atomic mass is 10.1. The van der Waals surface area contributed by atoms with Crippen molar-refractivity contribution in [2.45, 2.75) is 13.1 Å². The summed E-state index contributed by atoms with van der Waals surface area (Å²) < 4.78 is 44.1. The summed E-state index contributed by atoms with van der Waals surface area (Å²) in [5.41, 5.74) is -0.590. The molecule has 22 heavy (non-hydrogen) atoms. The fourth-order valence-corrected chi connectivity index (χ4v) is 2.30. The molecule has 4 nitrogen and oxygen atoms in total. The number of benzene rings is 1. The first-order chi connectivity index (χ1) is 10.4. The largest absolute Gasteiger partial charge is 0.436 e. The van der Waals surface area contributed by atoms with Crippen LogP contribution in [0.25, 0.3) is 0 Å². The molecule has 0 saturated heterocycles. The molecule has 1 aromatic heterocycles. The molecule has 114 valence electrons. The number of nitrogens with zero attached hydrogens (tertiary/aromatic N) is 2. The minimum absolute atomic E-state index is 0.0638. The highest BCUT2D eigenvalue weighted by atomic mass is 19.4. The number of ether oxygens (including phenoxy) is 1. The standard InChI is InChI=1S/C15H11F3N2O2/c1-2-20-11-4-3-7-19-13(11)22-12-6-5-9(15(16,17)18)8-10(12)14(20)21/h3-8H,2H2,1H3. The van der Waals surface area contributed by atoms with Crippen molar-refractivity contribution in [3.8, 4) is 11.6 Å². The zero-order valence-electron chi connectivity index (χ0n) is 11.5. The van der Waals surface area contributed by atoms with Crippen LogP contribution in [0.5, 0.6) is 11.6 Å². The molecule has 1 aliphatic heterocycles. The van der Waals surface area contributed by atoms with E-state index in [0.717, 1.165) is 18.2 Å². The van der Waals surface area contributed by atoms with Gasteiger partial charge in [-0.1, -0.05) is 0 Å². The molecule has 1 aromatic carbocycles. The van der Waals surface area contributed by atoms with Gasteiger partial charge < -0.3 is 9.64 Å². The van der Waals surface area contributed by atoms with Crippen LogP contribution in [-0.2, 0) is 6.18 Å². The molecule has 0 bridgehead atoms. The third-order valence-electron chi connectivity index (χ3n) is 3.35. The van der Waals surface area contributed by atoms with E-state index in [0.29, 0.717) is 5.69 Å². The number of amides is 1. The molecule has 0 N–H and O–H groups in total. The number of carbonyl (C=O) groups excluding carboxylic acids is 1. The van der Waals surface area contributed by atoms with Gasteiger partial charge in [0.1, 0.15) is 11.4 Å². The second-order valence-corrected chi connectivity index (χ2v) is 4.69. The second kappa shape index (κ2) is 5.01. The normalized spacial score (nSPS) is 14.0. The molecule has 0 unspecified atom stereocenters. The van der Waals surface area contributed by atoms with Crippen LogP contribution in [0.1, 0.15) is 22.8 Å². The summed E-state index contributed by atoms with van der Waals surface area (Å²) in [5, 5.41) is 0. The Bertz CT molecular complexity index is 744. The van der Waals surface area contributed by atoms with E-state index in [1.807, 2.05) is 0 Å². The number of hydrogen-bond donors (Lipinski definition) is 0. The number of aromatic nitrogens is 1. The number of pyridine rings is 1. The van der Waals surface area contributed by atoms with Crippen LogP contribution >= 0.6 is 0 Å². The Morgan fingerprint density at radius 1 is 1.27 bits per heavy atom. The van der Waals surface area contributed by atoms with Gasteiger partial charge in [0.2, 0.25) is 5.88 Å². The van der Waals surface area contributed by atoms with Gasteiger partial charge in [-0.25, -0.2) is 4.98 Å². The molecule has 1 aliphatic rings. The molecule has 7 heteroatoms. The van der Waals surface area contributed by atoms with Gasteiger partial charge >= 0.3 is 6.18 Å². The topological polar surface area (TPSA) is 42.4 Å². The van der Waals surface area contributed by atoms with Crippen molar-refractivity contribution in [2.75, 3.05) is 11.4 Å². The first-order valence-electron chi connectivity index (χ1n) is 6.58. The highest BCUT2D eigenvalue weighted by Crippen LogP contribution is 2.39. The SMILES string of the molecule is CCN1C(=O)c2cc(C(F)(F)F)ccc2Oc2ncccc21. The molecule has 2 aromatic rings. The molecular weight excluding hydrogens is 297 g/mol. The van der Waals surface area contributed by atoms with Crippen LogP contribution in [0.3, 0.4) is 0 Å². The number of carbonyl (C=O) groups is 1. The summed E-state index contributed by atoms with van der Waals surface area (Å²) in [4.78, 5) is 17.9. The maximum Gasteiger partial charge on any atom is 0.416 e. The third kappa shape index (κ3) is 2.28. The predicted molar refractivity (Wildman–Crippen MR) is 73.1 cm³/mol. The molecular formula is C15H11F3N2O2. The van der Waals surface area contributed by atoms with E-state index in [9.17, 15) is 18.0 Å². The number of fused-ring (bicyclic) bond motifs is 2. The van der Waals surface area contributed by atoms with Gasteiger partial charge in [-0.15, -0.1) is 0 Å². The second-order valence-electron chi connectivity index (χ2n) is 4.69. The van der Waals surface area contributed by atoms with Crippen molar-refractivity contribution < 1.29 is 22.7 Å². The Morgan fingerprint density at radius 2 is 2.05 bits per heavy atom. The molecule has 0 aliphatic carbocycles. The maximum absolute atomic E-state index is 12.9. The Balaban J connectivity index is 2.18. The van der Waals surface area contributed by atoms with Crippen LogP contribution in [-0.4, -0.2) is 17.4 Å². The lowest BCUT2D eigenvalue weighted by molar-refractivity contribution is -0.137. The minimum atomic E-state index is -4.52. The molecule has 0 spiro atoms. The van der Waals surface area contributed by atoms with Crippen LogP contribution in [0.4, 0.5) is 18.9 Å². The summed E-state index contributed by atoms with van der Waals surface area (Å²) in [7, 11) is 0. The summed E-state index contributed by atoms with van der Waals surface area (Å²) >= 11 is 0. The Kier molecular flexibility index (Phi) is 3.27. The fraction of sp³-hybridized carbons (Fsp3) is 0.200. The van der Waals surface area contributed by atoms with E-state index in [1.165, 1.54) is 11.1 Å².